The zero-order valence-electron chi connectivity index (χ0n) is 13.2. The second kappa shape index (κ2) is 5.66. The first-order chi connectivity index (χ1) is 9.01. The maximum Gasteiger partial charge on any atom is 0.0130 e. The molecule has 106 valence electrons. The minimum Gasteiger partial charge on any atom is -0.316 e. The van der Waals surface area contributed by atoms with Crippen molar-refractivity contribution in [2.45, 2.75) is 58.9 Å². The number of rotatable bonds is 5. The van der Waals surface area contributed by atoms with Crippen LogP contribution >= 0.6 is 0 Å². The van der Waals surface area contributed by atoms with Crippen LogP contribution in [0.3, 0.4) is 0 Å². The minimum absolute atomic E-state index is 0.425. The number of benzene rings is 1. The lowest BCUT2D eigenvalue weighted by Gasteiger charge is -2.54. The first-order valence-electron chi connectivity index (χ1n) is 7.77. The lowest BCUT2D eigenvalue weighted by molar-refractivity contribution is 0.0495. The van der Waals surface area contributed by atoms with Gasteiger partial charge in [-0.2, -0.15) is 0 Å². The zero-order valence-corrected chi connectivity index (χ0v) is 13.2. The third-order valence-electron chi connectivity index (χ3n) is 5.20. The maximum atomic E-state index is 3.48. The first kappa shape index (κ1) is 14.6. The molecule has 0 aliphatic heterocycles. The van der Waals surface area contributed by atoms with Gasteiger partial charge in [-0.15, -0.1) is 0 Å². The van der Waals surface area contributed by atoms with Crippen LogP contribution < -0.4 is 5.32 Å². The molecule has 2 rings (SSSR count). The Labute approximate surface area is 118 Å². The lowest BCUT2D eigenvalue weighted by atomic mass is 9.54. The Bertz CT molecular complexity index is 406. The Kier molecular flexibility index (Phi) is 4.35. The summed E-state index contributed by atoms with van der Waals surface area (Å²) in [4.78, 5) is 0. The van der Waals surface area contributed by atoms with Gasteiger partial charge in [0.05, 0.1) is 0 Å². The minimum atomic E-state index is 0.425. The lowest BCUT2D eigenvalue weighted by Crippen LogP contribution is -2.55. The van der Waals surface area contributed by atoms with Gasteiger partial charge in [0.25, 0.3) is 0 Å². The van der Waals surface area contributed by atoms with E-state index in [9.17, 15) is 0 Å². The highest BCUT2D eigenvalue weighted by Gasteiger charge is 2.49. The molecule has 0 radical (unpaired) electrons. The SMILES string of the molecule is CCC1(C)C(NC)CC1c1ccc(CC(C)C)cc1. The second-order valence-corrected chi connectivity index (χ2v) is 6.83. The van der Waals surface area contributed by atoms with Crippen molar-refractivity contribution in [2.24, 2.45) is 11.3 Å². The topological polar surface area (TPSA) is 12.0 Å². The van der Waals surface area contributed by atoms with Gasteiger partial charge in [0.2, 0.25) is 0 Å². The molecule has 1 N–H and O–H groups in total. The molecule has 1 aromatic carbocycles. The normalized spacial score (nSPS) is 30.4. The Hall–Kier alpha value is -0.820. The molecule has 3 atom stereocenters. The van der Waals surface area contributed by atoms with Crippen molar-refractivity contribution in [3.05, 3.63) is 35.4 Å². The van der Waals surface area contributed by atoms with Gasteiger partial charge in [-0.1, -0.05) is 52.0 Å². The van der Waals surface area contributed by atoms with Crippen LogP contribution in [-0.2, 0) is 6.42 Å². The van der Waals surface area contributed by atoms with E-state index >= 15 is 0 Å². The summed E-state index contributed by atoms with van der Waals surface area (Å²) in [7, 11) is 2.10. The van der Waals surface area contributed by atoms with Crippen molar-refractivity contribution < 1.29 is 0 Å². The van der Waals surface area contributed by atoms with Crippen molar-refractivity contribution in [2.75, 3.05) is 7.05 Å². The van der Waals surface area contributed by atoms with Gasteiger partial charge in [-0.25, -0.2) is 0 Å². The number of hydrogen-bond acceptors (Lipinski definition) is 1. The standard InChI is InChI=1S/C18H29N/c1-6-18(4)16(12-17(18)19-5)15-9-7-14(8-10-15)11-13(2)3/h7-10,13,16-17,19H,6,11-12H2,1-5H3. The summed E-state index contributed by atoms with van der Waals surface area (Å²) >= 11 is 0. The van der Waals surface area contributed by atoms with Crippen molar-refractivity contribution >= 4 is 0 Å². The van der Waals surface area contributed by atoms with Crippen molar-refractivity contribution in [3.63, 3.8) is 0 Å². The van der Waals surface area contributed by atoms with Crippen molar-refractivity contribution in [1.82, 2.24) is 5.32 Å². The van der Waals surface area contributed by atoms with Crippen LogP contribution in [0.4, 0.5) is 0 Å². The van der Waals surface area contributed by atoms with E-state index in [0.717, 1.165) is 11.8 Å². The summed E-state index contributed by atoms with van der Waals surface area (Å²) in [6.07, 6.45) is 3.72. The van der Waals surface area contributed by atoms with Gasteiger partial charge in [0.15, 0.2) is 0 Å². The summed E-state index contributed by atoms with van der Waals surface area (Å²) in [5, 5.41) is 3.48. The fourth-order valence-corrected chi connectivity index (χ4v) is 3.67. The van der Waals surface area contributed by atoms with Crippen molar-refractivity contribution in [3.8, 4) is 0 Å². The molecule has 1 saturated carbocycles. The number of nitrogens with one attached hydrogen (secondary N) is 1. The van der Waals surface area contributed by atoms with Gasteiger partial charge in [-0.05, 0) is 54.7 Å². The van der Waals surface area contributed by atoms with Gasteiger partial charge in [-0.3, -0.25) is 0 Å². The molecule has 0 heterocycles. The molecule has 1 aromatic rings. The molecule has 1 heteroatoms. The Balaban J connectivity index is 2.11. The molecule has 19 heavy (non-hydrogen) atoms. The van der Waals surface area contributed by atoms with E-state index in [2.05, 4.69) is 64.3 Å². The van der Waals surface area contributed by atoms with Gasteiger partial charge >= 0.3 is 0 Å². The molecule has 1 aliphatic rings. The fourth-order valence-electron chi connectivity index (χ4n) is 3.67. The van der Waals surface area contributed by atoms with E-state index in [1.807, 2.05) is 0 Å². The monoisotopic (exact) mass is 259 g/mol. The van der Waals surface area contributed by atoms with Crippen LogP contribution in [0.25, 0.3) is 0 Å². The summed E-state index contributed by atoms with van der Waals surface area (Å²) in [6, 6.07) is 10.1. The van der Waals surface area contributed by atoms with Crippen LogP contribution in [0.15, 0.2) is 24.3 Å². The first-order valence-corrected chi connectivity index (χ1v) is 7.77. The van der Waals surface area contributed by atoms with Gasteiger partial charge in [0.1, 0.15) is 0 Å². The quantitative estimate of drug-likeness (QED) is 0.827. The molecular formula is C18H29N. The predicted octanol–water partition coefficient (Wildman–Crippen LogP) is 4.38. The highest BCUT2D eigenvalue weighted by molar-refractivity contribution is 5.31. The molecule has 1 nitrogen and oxygen atoms in total. The van der Waals surface area contributed by atoms with Gasteiger partial charge < -0.3 is 5.32 Å². The van der Waals surface area contributed by atoms with Crippen LogP contribution in [-0.4, -0.2) is 13.1 Å². The van der Waals surface area contributed by atoms with E-state index in [1.54, 1.807) is 0 Å². The molecule has 0 saturated heterocycles. The Morgan fingerprint density at radius 2 is 1.89 bits per heavy atom. The zero-order chi connectivity index (χ0) is 14.0. The molecule has 1 aliphatic carbocycles. The summed E-state index contributed by atoms with van der Waals surface area (Å²) in [5.74, 6) is 1.46. The molecule has 0 bridgehead atoms. The van der Waals surface area contributed by atoms with Gasteiger partial charge in [0, 0.05) is 6.04 Å². The summed E-state index contributed by atoms with van der Waals surface area (Å²) in [5.41, 5.74) is 3.43. The molecule has 3 unspecified atom stereocenters. The molecule has 0 amide bonds. The second-order valence-electron chi connectivity index (χ2n) is 6.83. The van der Waals surface area contributed by atoms with Crippen molar-refractivity contribution in [1.29, 1.82) is 0 Å². The Morgan fingerprint density at radius 3 is 2.37 bits per heavy atom. The van der Waals surface area contributed by atoms with E-state index < -0.39 is 0 Å². The van der Waals surface area contributed by atoms with Crippen LogP contribution in [0.5, 0.6) is 0 Å². The maximum absolute atomic E-state index is 3.48. The average molecular weight is 259 g/mol. The van der Waals surface area contributed by atoms with E-state index in [-0.39, 0.29) is 0 Å². The highest BCUT2D eigenvalue weighted by atomic mass is 14.9. The van der Waals surface area contributed by atoms with E-state index in [4.69, 9.17) is 0 Å². The highest BCUT2D eigenvalue weighted by Crippen LogP contribution is 2.54. The van der Waals surface area contributed by atoms with E-state index in [0.29, 0.717) is 11.5 Å². The predicted molar refractivity (Wildman–Crippen MR) is 83.6 cm³/mol. The Morgan fingerprint density at radius 1 is 1.26 bits per heavy atom. The largest absolute Gasteiger partial charge is 0.316 e. The molecule has 0 aromatic heterocycles. The van der Waals surface area contributed by atoms with E-state index in [1.165, 1.54) is 30.4 Å². The average Bonchev–Trinajstić information content (AvgIpc) is 2.38. The van der Waals surface area contributed by atoms with Crippen LogP contribution in [0, 0.1) is 11.3 Å². The summed E-state index contributed by atoms with van der Waals surface area (Å²) < 4.78 is 0. The third-order valence-corrected chi connectivity index (χ3v) is 5.20. The molecular weight excluding hydrogens is 230 g/mol. The third kappa shape index (κ3) is 2.72. The number of hydrogen-bond donors (Lipinski definition) is 1. The van der Waals surface area contributed by atoms with Crippen LogP contribution in [0.1, 0.15) is 57.6 Å². The molecule has 1 fully saturated rings. The fraction of sp³-hybridized carbons (Fsp3) is 0.667. The smallest absolute Gasteiger partial charge is 0.0130 e. The summed E-state index contributed by atoms with van der Waals surface area (Å²) in [6.45, 7) is 9.32. The molecule has 0 spiro atoms. The van der Waals surface area contributed by atoms with Crippen LogP contribution in [0.2, 0.25) is 0 Å².